The van der Waals surface area contributed by atoms with Crippen LogP contribution in [-0.4, -0.2) is 41.4 Å². The van der Waals surface area contributed by atoms with E-state index >= 15 is 0 Å². The summed E-state index contributed by atoms with van der Waals surface area (Å²) in [4.78, 5) is 21.9. The van der Waals surface area contributed by atoms with Crippen LogP contribution in [0.25, 0.3) is 0 Å². The predicted molar refractivity (Wildman–Crippen MR) is 68.0 cm³/mol. The van der Waals surface area contributed by atoms with Gasteiger partial charge in [-0.2, -0.15) is 0 Å². The highest BCUT2D eigenvalue weighted by Gasteiger charge is 2.19. The molecule has 0 fully saturated rings. The first kappa shape index (κ1) is 13.4. The standard InChI is InChI=1S/C12H20N4O/c1-12(2,3)8-16(5)11(17)9-6-15-10(13-4)7-14-9/h6-7H,8H2,1-5H3,(H,13,15). The van der Waals surface area contributed by atoms with Crippen molar-refractivity contribution in [3.8, 4) is 0 Å². The summed E-state index contributed by atoms with van der Waals surface area (Å²) in [6.07, 6.45) is 3.05. The van der Waals surface area contributed by atoms with Gasteiger partial charge in [0.2, 0.25) is 0 Å². The van der Waals surface area contributed by atoms with Gasteiger partial charge in [-0.3, -0.25) is 4.79 Å². The summed E-state index contributed by atoms with van der Waals surface area (Å²) in [5.41, 5.74) is 0.443. The molecular weight excluding hydrogens is 216 g/mol. The first-order valence-electron chi connectivity index (χ1n) is 5.59. The molecule has 0 saturated carbocycles. The van der Waals surface area contributed by atoms with Crippen molar-refractivity contribution in [1.29, 1.82) is 0 Å². The van der Waals surface area contributed by atoms with Crippen molar-refractivity contribution in [2.24, 2.45) is 5.41 Å². The molecule has 94 valence electrons. The van der Waals surface area contributed by atoms with Crippen LogP contribution in [0.2, 0.25) is 0 Å². The largest absolute Gasteiger partial charge is 0.372 e. The Kier molecular flexibility index (Phi) is 4.04. The molecule has 0 atom stereocenters. The predicted octanol–water partition coefficient (Wildman–Crippen LogP) is 1.64. The summed E-state index contributed by atoms with van der Waals surface area (Å²) < 4.78 is 0. The fourth-order valence-electron chi connectivity index (χ4n) is 1.55. The number of rotatable bonds is 3. The minimum Gasteiger partial charge on any atom is -0.372 e. The second-order valence-electron chi connectivity index (χ2n) is 5.26. The van der Waals surface area contributed by atoms with Crippen LogP contribution in [0.3, 0.4) is 0 Å². The maximum atomic E-state index is 12.0. The molecule has 17 heavy (non-hydrogen) atoms. The van der Waals surface area contributed by atoms with Gasteiger partial charge in [-0.25, -0.2) is 9.97 Å². The van der Waals surface area contributed by atoms with Crippen LogP contribution in [0.5, 0.6) is 0 Å². The third-order valence-corrected chi connectivity index (χ3v) is 2.19. The van der Waals surface area contributed by atoms with Gasteiger partial charge < -0.3 is 10.2 Å². The van der Waals surface area contributed by atoms with Crippen molar-refractivity contribution < 1.29 is 4.79 Å². The number of nitrogens with zero attached hydrogens (tertiary/aromatic N) is 3. The summed E-state index contributed by atoms with van der Waals surface area (Å²) in [5.74, 6) is 0.551. The molecule has 0 spiro atoms. The summed E-state index contributed by atoms with van der Waals surface area (Å²) in [6, 6.07) is 0. The van der Waals surface area contributed by atoms with E-state index < -0.39 is 0 Å². The fraction of sp³-hybridized carbons (Fsp3) is 0.583. The van der Waals surface area contributed by atoms with Gasteiger partial charge in [0.15, 0.2) is 0 Å². The molecule has 1 aromatic heterocycles. The second-order valence-corrected chi connectivity index (χ2v) is 5.26. The molecular formula is C12H20N4O. The Morgan fingerprint density at radius 1 is 1.35 bits per heavy atom. The van der Waals surface area contributed by atoms with E-state index in [9.17, 15) is 4.79 Å². The van der Waals surface area contributed by atoms with Gasteiger partial charge in [0.05, 0.1) is 12.4 Å². The van der Waals surface area contributed by atoms with Crippen LogP contribution in [0.4, 0.5) is 5.82 Å². The Bertz CT molecular complexity index is 380. The highest BCUT2D eigenvalue weighted by atomic mass is 16.2. The van der Waals surface area contributed by atoms with E-state index in [1.807, 2.05) is 0 Å². The van der Waals surface area contributed by atoms with E-state index in [1.165, 1.54) is 6.20 Å². The zero-order valence-corrected chi connectivity index (χ0v) is 11.1. The molecule has 0 saturated heterocycles. The zero-order valence-electron chi connectivity index (χ0n) is 11.1. The molecule has 1 rings (SSSR count). The molecule has 5 heteroatoms. The van der Waals surface area contributed by atoms with E-state index in [4.69, 9.17) is 0 Å². The number of hydrogen-bond donors (Lipinski definition) is 1. The van der Waals surface area contributed by atoms with Crippen molar-refractivity contribution in [3.63, 3.8) is 0 Å². The van der Waals surface area contributed by atoms with E-state index in [2.05, 4.69) is 36.1 Å². The molecule has 0 unspecified atom stereocenters. The first-order valence-corrected chi connectivity index (χ1v) is 5.59. The third-order valence-electron chi connectivity index (χ3n) is 2.19. The van der Waals surface area contributed by atoms with Crippen molar-refractivity contribution >= 4 is 11.7 Å². The van der Waals surface area contributed by atoms with Gasteiger partial charge >= 0.3 is 0 Å². The summed E-state index contributed by atoms with van der Waals surface area (Å²) in [6.45, 7) is 6.95. The van der Waals surface area contributed by atoms with Crippen LogP contribution in [0.1, 0.15) is 31.3 Å². The van der Waals surface area contributed by atoms with Gasteiger partial charge in [-0.1, -0.05) is 20.8 Å². The monoisotopic (exact) mass is 236 g/mol. The van der Waals surface area contributed by atoms with Crippen LogP contribution in [0.15, 0.2) is 12.4 Å². The molecule has 0 aliphatic heterocycles. The number of carbonyl (C=O) groups excluding carboxylic acids is 1. The summed E-state index contributed by atoms with van der Waals surface area (Å²) in [5, 5.41) is 2.86. The Morgan fingerprint density at radius 3 is 2.41 bits per heavy atom. The smallest absolute Gasteiger partial charge is 0.273 e. The Balaban J connectivity index is 2.75. The number of nitrogens with one attached hydrogen (secondary N) is 1. The van der Waals surface area contributed by atoms with Gasteiger partial charge in [-0.05, 0) is 5.41 Å². The average Bonchev–Trinajstić information content (AvgIpc) is 2.26. The summed E-state index contributed by atoms with van der Waals surface area (Å²) >= 11 is 0. The highest BCUT2D eigenvalue weighted by Crippen LogP contribution is 2.15. The Labute approximate surface area is 102 Å². The quantitative estimate of drug-likeness (QED) is 0.866. The molecule has 5 nitrogen and oxygen atoms in total. The van der Waals surface area contributed by atoms with Crippen molar-refractivity contribution in [3.05, 3.63) is 18.1 Å². The molecule has 1 heterocycles. The van der Waals surface area contributed by atoms with Gasteiger partial charge in [0.25, 0.3) is 5.91 Å². The van der Waals surface area contributed by atoms with Crippen LogP contribution in [-0.2, 0) is 0 Å². The van der Waals surface area contributed by atoms with Gasteiger partial charge in [0, 0.05) is 20.6 Å². The second kappa shape index (κ2) is 5.12. The molecule has 1 aromatic rings. The van der Waals surface area contributed by atoms with Gasteiger partial charge in [-0.15, -0.1) is 0 Å². The molecule has 0 aliphatic carbocycles. The minimum absolute atomic E-state index is 0.0722. The van der Waals surface area contributed by atoms with Crippen LogP contribution >= 0.6 is 0 Å². The lowest BCUT2D eigenvalue weighted by molar-refractivity contribution is 0.0739. The maximum Gasteiger partial charge on any atom is 0.273 e. The first-order chi connectivity index (χ1) is 7.83. The summed E-state index contributed by atoms with van der Waals surface area (Å²) in [7, 11) is 3.54. The van der Waals surface area contributed by atoms with E-state index in [1.54, 1.807) is 25.2 Å². The molecule has 1 N–H and O–H groups in total. The van der Waals surface area contributed by atoms with Gasteiger partial charge in [0.1, 0.15) is 11.5 Å². The lowest BCUT2D eigenvalue weighted by Gasteiger charge is -2.26. The molecule has 0 radical (unpaired) electrons. The van der Waals surface area contributed by atoms with E-state index in [0.717, 1.165) is 0 Å². The number of amides is 1. The molecule has 1 amide bonds. The fourth-order valence-corrected chi connectivity index (χ4v) is 1.55. The lowest BCUT2D eigenvalue weighted by Crippen LogP contribution is -2.35. The highest BCUT2D eigenvalue weighted by molar-refractivity contribution is 5.91. The Hall–Kier alpha value is -1.65. The number of hydrogen-bond acceptors (Lipinski definition) is 4. The normalized spacial score (nSPS) is 11.1. The van der Waals surface area contributed by atoms with Crippen molar-refractivity contribution in [1.82, 2.24) is 14.9 Å². The third kappa shape index (κ3) is 4.01. The number of carbonyl (C=O) groups is 1. The number of aromatic nitrogens is 2. The van der Waals surface area contributed by atoms with Crippen LogP contribution < -0.4 is 5.32 Å². The minimum atomic E-state index is -0.102. The molecule has 0 bridgehead atoms. The zero-order chi connectivity index (χ0) is 13.1. The number of anilines is 1. The topological polar surface area (TPSA) is 58.1 Å². The Morgan fingerprint density at radius 2 is 2.00 bits per heavy atom. The average molecular weight is 236 g/mol. The lowest BCUT2D eigenvalue weighted by atomic mass is 9.96. The molecule has 0 aromatic carbocycles. The maximum absolute atomic E-state index is 12.0. The van der Waals surface area contributed by atoms with Crippen LogP contribution in [0, 0.1) is 5.41 Å². The molecule has 0 aliphatic rings. The SMILES string of the molecule is CNc1cnc(C(=O)N(C)CC(C)(C)C)cn1. The van der Waals surface area contributed by atoms with E-state index in [0.29, 0.717) is 18.1 Å². The van der Waals surface area contributed by atoms with Crippen molar-refractivity contribution in [2.45, 2.75) is 20.8 Å². The van der Waals surface area contributed by atoms with Crippen molar-refractivity contribution in [2.75, 3.05) is 26.0 Å². The van der Waals surface area contributed by atoms with E-state index in [-0.39, 0.29) is 11.3 Å².